The number of sulfonamides is 1. The molecule has 0 aliphatic heterocycles. The third-order valence-corrected chi connectivity index (χ3v) is 6.80. The van der Waals surface area contributed by atoms with Crippen LogP contribution in [0, 0.1) is 6.92 Å². The molecule has 3 aromatic carbocycles. The van der Waals surface area contributed by atoms with Crippen LogP contribution in [0.1, 0.15) is 16.7 Å². The quantitative estimate of drug-likeness (QED) is 0.228. The molecular formula is C26H24F3N3O4S. The standard InChI is InChI=1S/C26H24F3N3O4S/c1-3-15-36-23-11-9-20(10-12-23)17-30-31-25(33)18-32(22-6-4-5-21(16-22)26(27,28)29)37(34,35)24-13-7-19(2)8-14-24/h3-14,16-17H,1,15,18H2,2H3,(H,31,33). The number of nitrogens with zero attached hydrogens (tertiary/aromatic N) is 2. The van der Waals surface area contributed by atoms with Crippen molar-refractivity contribution in [3.8, 4) is 5.75 Å². The highest BCUT2D eigenvalue weighted by Gasteiger charge is 2.33. The first kappa shape index (κ1) is 27.5. The molecule has 0 saturated carbocycles. The molecule has 0 heterocycles. The van der Waals surface area contributed by atoms with Gasteiger partial charge in [-0.05, 0) is 67.1 Å². The summed E-state index contributed by atoms with van der Waals surface area (Å²) in [5.74, 6) is -0.241. The van der Waals surface area contributed by atoms with Crippen LogP contribution in [0.5, 0.6) is 5.75 Å². The number of ether oxygens (including phenoxy) is 1. The lowest BCUT2D eigenvalue weighted by Gasteiger charge is -2.24. The highest BCUT2D eigenvalue weighted by Crippen LogP contribution is 2.33. The second kappa shape index (κ2) is 11.7. The maximum Gasteiger partial charge on any atom is 0.416 e. The highest BCUT2D eigenvalue weighted by molar-refractivity contribution is 7.92. The SMILES string of the molecule is C=CCOc1ccc(C=NNC(=O)CN(c2cccc(C(F)(F)F)c2)S(=O)(=O)c2ccc(C)cc2)cc1. The van der Waals surface area contributed by atoms with Crippen LogP contribution in [-0.2, 0) is 21.0 Å². The number of aryl methyl sites for hydroxylation is 1. The Bertz CT molecular complexity index is 1370. The molecule has 3 rings (SSSR count). The summed E-state index contributed by atoms with van der Waals surface area (Å²) in [6, 6.07) is 16.3. The maximum atomic E-state index is 13.4. The van der Waals surface area contributed by atoms with Gasteiger partial charge in [0.15, 0.2) is 0 Å². The van der Waals surface area contributed by atoms with Crippen LogP contribution in [0.4, 0.5) is 18.9 Å². The molecule has 0 spiro atoms. The van der Waals surface area contributed by atoms with Gasteiger partial charge in [-0.25, -0.2) is 13.8 Å². The minimum Gasteiger partial charge on any atom is -0.490 e. The molecule has 0 aliphatic carbocycles. The van der Waals surface area contributed by atoms with E-state index in [4.69, 9.17) is 4.74 Å². The van der Waals surface area contributed by atoms with Crippen molar-refractivity contribution < 1.29 is 31.1 Å². The summed E-state index contributed by atoms with van der Waals surface area (Å²) in [6.45, 7) is 4.86. The van der Waals surface area contributed by atoms with E-state index in [9.17, 15) is 26.4 Å². The van der Waals surface area contributed by atoms with Crippen LogP contribution in [0.25, 0.3) is 0 Å². The summed E-state index contributed by atoms with van der Waals surface area (Å²) < 4.78 is 72.6. The van der Waals surface area contributed by atoms with E-state index in [1.165, 1.54) is 24.4 Å². The molecule has 37 heavy (non-hydrogen) atoms. The van der Waals surface area contributed by atoms with Crippen molar-refractivity contribution in [2.75, 3.05) is 17.5 Å². The Morgan fingerprint density at radius 3 is 2.38 bits per heavy atom. The molecule has 0 bridgehead atoms. The van der Waals surface area contributed by atoms with Gasteiger partial charge in [-0.15, -0.1) is 0 Å². The van der Waals surface area contributed by atoms with E-state index in [2.05, 4.69) is 17.1 Å². The Morgan fingerprint density at radius 1 is 1.08 bits per heavy atom. The van der Waals surface area contributed by atoms with E-state index in [-0.39, 0.29) is 10.6 Å². The summed E-state index contributed by atoms with van der Waals surface area (Å²) in [4.78, 5) is 12.4. The summed E-state index contributed by atoms with van der Waals surface area (Å²) in [6.07, 6.45) is -1.76. The Hall–Kier alpha value is -4.12. The molecular weight excluding hydrogens is 507 g/mol. The lowest BCUT2D eigenvalue weighted by Crippen LogP contribution is -2.39. The number of benzene rings is 3. The smallest absolute Gasteiger partial charge is 0.416 e. The van der Waals surface area contributed by atoms with Crippen LogP contribution in [0.15, 0.2) is 95.4 Å². The fourth-order valence-corrected chi connectivity index (χ4v) is 4.55. The van der Waals surface area contributed by atoms with Gasteiger partial charge < -0.3 is 4.74 Å². The summed E-state index contributed by atoms with van der Waals surface area (Å²) in [5, 5.41) is 3.82. The fraction of sp³-hybridized carbons (Fsp3) is 0.154. The average Bonchev–Trinajstić information content (AvgIpc) is 2.86. The van der Waals surface area contributed by atoms with Gasteiger partial charge in [-0.3, -0.25) is 9.10 Å². The lowest BCUT2D eigenvalue weighted by atomic mass is 10.2. The third kappa shape index (κ3) is 7.43. The number of anilines is 1. The molecule has 194 valence electrons. The van der Waals surface area contributed by atoms with E-state index in [0.717, 1.165) is 17.7 Å². The van der Waals surface area contributed by atoms with Gasteiger partial charge in [0.1, 0.15) is 18.9 Å². The zero-order valence-corrected chi connectivity index (χ0v) is 20.6. The van der Waals surface area contributed by atoms with Crippen molar-refractivity contribution in [1.29, 1.82) is 0 Å². The van der Waals surface area contributed by atoms with E-state index in [1.54, 1.807) is 49.4 Å². The van der Waals surface area contributed by atoms with Crippen LogP contribution in [0.2, 0.25) is 0 Å². The fourth-order valence-electron chi connectivity index (χ4n) is 3.14. The molecule has 0 aromatic heterocycles. The number of alkyl halides is 3. The largest absolute Gasteiger partial charge is 0.490 e. The van der Waals surface area contributed by atoms with Crippen molar-refractivity contribution >= 4 is 27.8 Å². The highest BCUT2D eigenvalue weighted by atomic mass is 32.2. The normalized spacial score (nSPS) is 11.8. The van der Waals surface area contributed by atoms with E-state index in [1.807, 2.05) is 0 Å². The van der Waals surface area contributed by atoms with Gasteiger partial charge in [0.05, 0.1) is 22.4 Å². The Kier molecular flexibility index (Phi) is 8.72. The number of halogens is 3. The van der Waals surface area contributed by atoms with Crippen molar-refractivity contribution in [2.45, 2.75) is 18.0 Å². The molecule has 1 N–H and O–H groups in total. The van der Waals surface area contributed by atoms with Crippen LogP contribution in [0.3, 0.4) is 0 Å². The Labute approximate surface area is 212 Å². The number of amides is 1. The maximum absolute atomic E-state index is 13.4. The minimum absolute atomic E-state index is 0.175. The number of rotatable bonds is 10. The Morgan fingerprint density at radius 2 is 1.76 bits per heavy atom. The van der Waals surface area contributed by atoms with Gasteiger partial charge >= 0.3 is 6.18 Å². The monoisotopic (exact) mass is 531 g/mol. The molecule has 0 saturated heterocycles. The van der Waals surface area contributed by atoms with E-state index in [0.29, 0.717) is 28.3 Å². The number of carbonyl (C=O) groups excluding carboxylic acids is 1. The first-order chi connectivity index (χ1) is 17.5. The van der Waals surface area contributed by atoms with Crippen molar-refractivity contribution in [2.24, 2.45) is 5.10 Å². The van der Waals surface area contributed by atoms with Gasteiger partial charge in [0.25, 0.3) is 15.9 Å². The molecule has 0 radical (unpaired) electrons. The van der Waals surface area contributed by atoms with Crippen molar-refractivity contribution in [1.82, 2.24) is 5.43 Å². The number of hydrazone groups is 1. The van der Waals surface area contributed by atoms with Crippen LogP contribution < -0.4 is 14.5 Å². The average molecular weight is 532 g/mol. The van der Waals surface area contributed by atoms with E-state index < -0.39 is 34.2 Å². The predicted octanol–water partition coefficient (Wildman–Crippen LogP) is 4.92. The number of hydrogen-bond acceptors (Lipinski definition) is 5. The van der Waals surface area contributed by atoms with Crippen molar-refractivity contribution in [3.05, 3.63) is 102 Å². The molecule has 0 fully saturated rings. The van der Waals surface area contributed by atoms with Gasteiger partial charge in [0, 0.05) is 0 Å². The number of carbonyl (C=O) groups is 1. The molecule has 0 atom stereocenters. The zero-order chi connectivity index (χ0) is 27.1. The molecule has 7 nitrogen and oxygen atoms in total. The third-order valence-electron chi connectivity index (χ3n) is 5.01. The van der Waals surface area contributed by atoms with Gasteiger partial charge in [-0.1, -0.05) is 36.4 Å². The summed E-state index contributed by atoms with van der Waals surface area (Å²) >= 11 is 0. The lowest BCUT2D eigenvalue weighted by molar-refractivity contribution is -0.137. The summed E-state index contributed by atoms with van der Waals surface area (Å²) in [7, 11) is -4.39. The molecule has 3 aromatic rings. The number of nitrogens with one attached hydrogen (secondary N) is 1. The zero-order valence-electron chi connectivity index (χ0n) is 19.8. The van der Waals surface area contributed by atoms with Crippen LogP contribution in [-0.4, -0.2) is 33.7 Å². The van der Waals surface area contributed by atoms with Crippen LogP contribution >= 0.6 is 0 Å². The molecule has 11 heteroatoms. The first-order valence-corrected chi connectivity index (χ1v) is 12.4. The minimum atomic E-state index is -4.70. The van der Waals surface area contributed by atoms with Crippen molar-refractivity contribution in [3.63, 3.8) is 0 Å². The topological polar surface area (TPSA) is 88.1 Å². The molecule has 0 aliphatic rings. The second-order valence-electron chi connectivity index (χ2n) is 7.83. The second-order valence-corrected chi connectivity index (χ2v) is 9.70. The molecule has 0 unspecified atom stereocenters. The molecule has 1 amide bonds. The van der Waals surface area contributed by atoms with Gasteiger partial charge in [0.2, 0.25) is 0 Å². The van der Waals surface area contributed by atoms with E-state index >= 15 is 0 Å². The van der Waals surface area contributed by atoms with Gasteiger partial charge in [-0.2, -0.15) is 18.3 Å². The Balaban J connectivity index is 1.83. The predicted molar refractivity (Wildman–Crippen MR) is 135 cm³/mol. The summed E-state index contributed by atoms with van der Waals surface area (Å²) in [5.41, 5.74) is 2.26. The number of hydrogen-bond donors (Lipinski definition) is 1. The first-order valence-electron chi connectivity index (χ1n) is 10.9.